The van der Waals surface area contributed by atoms with Gasteiger partial charge >= 0.3 is 0 Å². The van der Waals surface area contributed by atoms with Gasteiger partial charge in [-0.3, -0.25) is 14.3 Å². The molecule has 0 radical (unpaired) electrons. The standard InChI is InChI=1S/C17H29N5O2/c1-13-15(11-21(5)18-13)10-20(4)17(24)14-6-7-16(23)22(12-14)9-8-19(2)3/h11,14H,6-10,12H2,1-5H3. The van der Waals surface area contributed by atoms with Crippen LogP contribution in [0.4, 0.5) is 0 Å². The van der Waals surface area contributed by atoms with Crippen molar-refractivity contribution in [3.8, 4) is 0 Å². The summed E-state index contributed by atoms with van der Waals surface area (Å²) in [5.74, 6) is 0.166. The van der Waals surface area contributed by atoms with Gasteiger partial charge < -0.3 is 14.7 Å². The van der Waals surface area contributed by atoms with Crippen LogP contribution in [0.3, 0.4) is 0 Å². The first-order valence-corrected chi connectivity index (χ1v) is 8.44. The number of aryl methyl sites for hydroxylation is 2. The first-order valence-electron chi connectivity index (χ1n) is 8.44. The van der Waals surface area contributed by atoms with E-state index in [9.17, 15) is 9.59 Å². The highest BCUT2D eigenvalue weighted by Crippen LogP contribution is 2.20. The molecule has 0 aliphatic carbocycles. The molecule has 1 saturated heterocycles. The molecule has 1 aliphatic rings. The van der Waals surface area contributed by atoms with Gasteiger partial charge in [-0.05, 0) is 27.4 Å². The molecule has 1 aromatic heterocycles. The summed E-state index contributed by atoms with van der Waals surface area (Å²) in [5, 5.41) is 4.32. The Labute approximate surface area is 144 Å². The first-order chi connectivity index (χ1) is 11.3. The number of aromatic nitrogens is 2. The summed E-state index contributed by atoms with van der Waals surface area (Å²) in [5.41, 5.74) is 2.01. The van der Waals surface area contributed by atoms with Crippen LogP contribution in [0.2, 0.25) is 0 Å². The van der Waals surface area contributed by atoms with Crippen molar-refractivity contribution in [1.82, 2.24) is 24.5 Å². The second-order valence-electron chi connectivity index (χ2n) is 6.99. The number of rotatable bonds is 6. The Balaban J connectivity index is 1.95. The van der Waals surface area contributed by atoms with E-state index in [1.807, 2.05) is 46.2 Å². The van der Waals surface area contributed by atoms with E-state index in [1.165, 1.54) is 0 Å². The van der Waals surface area contributed by atoms with E-state index < -0.39 is 0 Å². The van der Waals surface area contributed by atoms with Crippen molar-refractivity contribution >= 4 is 11.8 Å². The summed E-state index contributed by atoms with van der Waals surface area (Å²) in [6.45, 7) is 4.54. The van der Waals surface area contributed by atoms with Gasteiger partial charge in [0.1, 0.15) is 0 Å². The van der Waals surface area contributed by atoms with Gasteiger partial charge in [-0.25, -0.2) is 0 Å². The van der Waals surface area contributed by atoms with Gasteiger partial charge in [0.15, 0.2) is 0 Å². The average Bonchev–Trinajstić information content (AvgIpc) is 2.83. The summed E-state index contributed by atoms with van der Waals surface area (Å²) in [4.78, 5) is 30.5. The summed E-state index contributed by atoms with van der Waals surface area (Å²) in [6.07, 6.45) is 3.06. The summed E-state index contributed by atoms with van der Waals surface area (Å²) in [6, 6.07) is 0. The Kier molecular flexibility index (Phi) is 5.99. The number of likely N-dealkylation sites (tertiary alicyclic amines) is 1. The largest absolute Gasteiger partial charge is 0.341 e. The summed E-state index contributed by atoms with van der Waals surface area (Å²) in [7, 11) is 7.69. The molecule has 1 aromatic rings. The van der Waals surface area contributed by atoms with Crippen LogP contribution in [0.5, 0.6) is 0 Å². The van der Waals surface area contributed by atoms with E-state index in [4.69, 9.17) is 0 Å². The molecule has 1 fully saturated rings. The molecule has 0 N–H and O–H groups in total. The zero-order valence-corrected chi connectivity index (χ0v) is 15.4. The Morgan fingerprint density at radius 1 is 1.38 bits per heavy atom. The van der Waals surface area contributed by atoms with Gasteiger partial charge in [0, 0.05) is 58.5 Å². The fourth-order valence-corrected chi connectivity index (χ4v) is 3.10. The number of hydrogen-bond acceptors (Lipinski definition) is 4. The van der Waals surface area contributed by atoms with Gasteiger partial charge in [-0.2, -0.15) is 5.10 Å². The molecule has 7 heteroatoms. The second kappa shape index (κ2) is 7.79. The molecule has 7 nitrogen and oxygen atoms in total. The van der Waals surface area contributed by atoms with Crippen molar-refractivity contribution in [2.24, 2.45) is 13.0 Å². The van der Waals surface area contributed by atoms with Crippen LogP contribution < -0.4 is 0 Å². The fourth-order valence-electron chi connectivity index (χ4n) is 3.10. The minimum absolute atomic E-state index is 0.105. The van der Waals surface area contributed by atoms with Crippen molar-refractivity contribution < 1.29 is 9.59 Å². The maximum absolute atomic E-state index is 12.8. The quantitative estimate of drug-likeness (QED) is 0.759. The number of hydrogen-bond donors (Lipinski definition) is 0. The van der Waals surface area contributed by atoms with E-state index in [0.717, 1.165) is 17.8 Å². The van der Waals surface area contributed by atoms with Crippen molar-refractivity contribution in [2.45, 2.75) is 26.3 Å². The smallest absolute Gasteiger partial charge is 0.227 e. The second-order valence-corrected chi connectivity index (χ2v) is 6.99. The SMILES string of the molecule is Cc1nn(C)cc1CN(C)C(=O)C1CCC(=O)N(CCN(C)C)C1. The Bertz CT molecular complexity index is 596. The van der Waals surface area contributed by atoms with Gasteiger partial charge in [0.2, 0.25) is 11.8 Å². The van der Waals surface area contributed by atoms with E-state index in [0.29, 0.717) is 32.5 Å². The minimum Gasteiger partial charge on any atom is -0.341 e. The molecule has 2 amide bonds. The molecule has 134 valence electrons. The lowest BCUT2D eigenvalue weighted by molar-refractivity contribution is -0.142. The molecule has 24 heavy (non-hydrogen) atoms. The van der Waals surface area contributed by atoms with Crippen LogP contribution in [-0.4, -0.2) is 77.1 Å². The molecule has 1 atom stereocenters. The van der Waals surface area contributed by atoms with Gasteiger partial charge in [0.25, 0.3) is 0 Å². The lowest BCUT2D eigenvalue weighted by Crippen LogP contribution is -2.47. The first kappa shape index (κ1) is 18.4. The maximum atomic E-state index is 12.8. The zero-order chi connectivity index (χ0) is 17.9. The number of amides is 2. The van der Waals surface area contributed by atoms with Crippen LogP contribution in [0.1, 0.15) is 24.1 Å². The van der Waals surface area contributed by atoms with E-state index >= 15 is 0 Å². The van der Waals surface area contributed by atoms with Crippen molar-refractivity contribution in [3.63, 3.8) is 0 Å². The molecule has 2 rings (SSSR count). The van der Waals surface area contributed by atoms with Crippen LogP contribution in [0.25, 0.3) is 0 Å². The molecule has 0 saturated carbocycles. The average molecular weight is 335 g/mol. The Hall–Kier alpha value is -1.89. The molecule has 0 spiro atoms. The van der Waals surface area contributed by atoms with Crippen molar-refractivity contribution in [2.75, 3.05) is 40.8 Å². The maximum Gasteiger partial charge on any atom is 0.227 e. The van der Waals surface area contributed by atoms with Crippen LogP contribution in [0.15, 0.2) is 6.20 Å². The normalized spacial score (nSPS) is 18.3. The van der Waals surface area contributed by atoms with Crippen LogP contribution in [0, 0.1) is 12.8 Å². The van der Waals surface area contributed by atoms with Crippen LogP contribution in [-0.2, 0) is 23.2 Å². The van der Waals surface area contributed by atoms with Crippen molar-refractivity contribution in [1.29, 1.82) is 0 Å². The monoisotopic (exact) mass is 335 g/mol. The molecule has 1 aliphatic heterocycles. The molecular formula is C17H29N5O2. The molecule has 1 unspecified atom stereocenters. The Morgan fingerprint density at radius 3 is 2.67 bits per heavy atom. The predicted molar refractivity (Wildman–Crippen MR) is 92.3 cm³/mol. The summed E-state index contributed by atoms with van der Waals surface area (Å²) >= 11 is 0. The third kappa shape index (κ3) is 4.56. The minimum atomic E-state index is -0.105. The number of nitrogens with zero attached hydrogens (tertiary/aromatic N) is 5. The highest BCUT2D eigenvalue weighted by atomic mass is 16.2. The lowest BCUT2D eigenvalue weighted by Gasteiger charge is -2.34. The molecular weight excluding hydrogens is 306 g/mol. The number of likely N-dealkylation sites (N-methyl/N-ethyl adjacent to an activating group) is 1. The summed E-state index contributed by atoms with van der Waals surface area (Å²) < 4.78 is 1.77. The van der Waals surface area contributed by atoms with Gasteiger partial charge in [0.05, 0.1) is 11.6 Å². The third-order valence-electron chi connectivity index (χ3n) is 4.57. The number of carbonyl (C=O) groups excluding carboxylic acids is 2. The number of carbonyl (C=O) groups is 2. The third-order valence-corrected chi connectivity index (χ3v) is 4.57. The van der Waals surface area contributed by atoms with Gasteiger partial charge in [-0.15, -0.1) is 0 Å². The molecule has 0 bridgehead atoms. The van der Waals surface area contributed by atoms with E-state index in [2.05, 4.69) is 10.00 Å². The zero-order valence-electron chi connectivity index (χ0n) is 15.4. The van der Waals surface area contributed by atoms with E-state index in [1.54, 1.807) is 9.58 Å². The predicted octanol–water partition coefficient (Wildman–Crippen LogP) is 0.487. The molecule has 0 aromatic carbocycles. The highest BCUT2D eigenvalue weighted by molar-refractivity contribution is 5.83. The molecule has 2 heterocycles. The Morgan fingerprint density at radius 2 is 2.08 bits per heavy atom. The highest BCUT2D eigenvalue weighted by Gasteiger charge is 2.31. The van der Waals surface area contributed by atoms with Crippen molar-refractivity contribution in [3.05, 3.63) is 17.5 Å². The van der Waals surface area contributed by atoms with Crippen LogP contribution >= 0.6 is 0 Å². The topological polar surface area (TPSA) is 61.7 Å². The fraction of sp³-hybridized carbons (Fsp3) is 0.706. The lowest BCUT2D eigenvalue weighted by atomic mass is 9.96. The van der Waals surface area contributed by atoms with E-state index in [-0.39, 0.29) is 17.7 Å². The number of piperidine rings is 1. The van der Waals surface area contributed by atoms with Gasteiger partial charge in [-0.1, -0.05) is 0 Å².